The lowest BCUT2D eigenvalue weighted by molar-refractivity contribution is -0.117. The molecular formula is C22H31N3O6. The van der Waals surface area contributed by atoms with Gasteiger partial charge in [-0.15, -0.1) is 0 Å². The third kappa shape index (κ3) is 4.87. The van der Waals surface area contributed by atoms with Crippen LogP contribution in [-0.4, -0.2) is 104 Å². The molecule has 9 nitrogen and oxygen atoms in total. The molecule has 1 aliphatic rings. The normalized spacial score (nSPS) is 18.3. The van der Waals surface area contributed by atoms with Gasteiger partial charge in [-0.1, -0.05) is 25.1 Å². The molecule has 0 saturated heterocycles. The van der Waals surface area contributed by atoms with Crippen molar-refractivity contribution >= 4 is 16.8 Å². The van der Waals surface area contributed by atoms with Gasteiger partial charge in [0.05, 0.1) is 17.7 Å². The predicted molar refractivity (Wildman–Crippen MR) is 114 cm³/mol. The van der Waals surface area contributed by atoms with Crippen molar-refractivity contribution in [2.45, 2.75) is 44.3 Å². The van der Waals surface area contributed by atoms with Crippen molar-refractivity contribution in [1.82, 2.24) is 14.8 Å². The van der Waals surface area contributed by atoms with Crippen LogP contribution in [0, 0.1) is 0 Å². The van der Waals surface area contributed by atoms with Crippen LogP contribution in [-0.2, 0) is 13.0 Å². The molecule has 2 aromatic rings. The van der Waals surface area contributed by atoms with E-state index in [2.05, 4.69) is 11.8 Å². The van der Waals surface area contributed by atoms with E-state index >= 15 is 0 Å². The Balaban J connectivity index is 1.91. The van der Waals surface area contributed by atoms with E-state index < -0.39 is 31.0 Å². The number of hydrogen-bond donors (Lipinski definition) is 5. The van der Waals surface area contributed by atoms with Crippen molar-refractivity contribution < 1.29 is 30.3 Å². The molecule has 31 heavy (non-hydrogen) atoms. The lowest BCUT2D eigenvalue weighted by Crippen LogP contribution is -2.50. The fourth-order valence-corrected chi connectivity index (χ4v) is 3.99. The summed E-state index contributed by atoms with van der Waals surface area (Å²) in [6, 6.07) is 7.43. The molecule has 0 fully saturated rings. The molecule has 0 aliphatic carbocycles. The number of rotatable bonds is 8. The van der Waals surface area contributed by atoms with Gasteiger partial charge in [0.25, 0.3) is 5.91 Å². The molecule has 0 spiro atoms. The largest absolute Gasteiger partial charge is 0.394 e. The van der Waals surface area contributed by atoms with E-state index in [0.717, 1.165) is 41.7 Å². The number of nitrogens with zero attached hydrogens (tertiary/aromatic N) is 3. The first-order valence-electron chi connectivity index (χ1n) is 10.5. The average molecular weight is 434 g/mol. The van der Waals surface area contributed by atoms with E-state index in [0.29, 0.717) is 12.1 Å². The van der Waals surface area contributed by atoms with Crippen LogP contribution >= 0.6 is 0 Å². The Labute approximate surface area is 181 Å². The lowest BCUT2D eigenvalue weighted by Gasteiger charge is -2.31. The van der Waals surface area contributed by atoms with Gasteiger partial charge in [-0.25, -0.2) is 0 Å². The van der Waals surface area contributed by atoms with Gasteiger partial charge >= 0.3 is 0 Å². The second kappa shape index (κ2) is 9.99. The van der Waals surface area contributed by atoms with E-state index in [9.17, 15) is 25.2 Å². The Kier molecular flexibility index (Phi) is 7.58. The van der Waals surface area contributed by atoms with Gasteiger partial charge < -0.3 is 30.4 Å². The molecular weight excluding hydrogens is 402 g/mol. The fraction of sp³-hybridized carbons (Fsp3) is 0.545. The Morgan fingerprint density at radius 1 is 1.16 bits per heavy atom. The van der Waals surface area contributed by atoms with Crippen LogP contribution in [0.5, 0.6) is 0 Å². The van der Waals surface area contributed by atoms with Crippen LogP contribution in [0.25, 0.3) is 10.9 Å². The fourth-order valence-electron chi connectivity index (χ4n) is 3.99. The summed E-state index contributed by atoms with van der Waals surface area (Å²) < 4.78 is 0. The van der Waals surface area contributed by atoms with Crippen LogP contribution in [0.1, 0.15) is 28.5 Å². The highest BCUT2D eigenvalue weighted by Gasteiger charge is 2.33. The maximum Gasteiger partial charge on any atom is 0.254 e. The first-order valence-corrected chi connectivity index (χ1v) is 10.5. The zero-order chi connectivity index (χ0) is 22.7. The monoisotopic (exact) mass is 433 g/mol. The Bertz CT molecular complexity index is 923. The number of benzene rings is 1. The highest BCUT2D eigenvalue weighted by atomic mass is 16.4. The van der Waals surface area contributed by atoms with Crippen molar-refractivity contribution in [2.24, 2.45) is 0 Å². The zero-order valence-electron chi connectivity index (χ0n) is 17.8. The quantitative estimate of drug-likeness (QED) is 0.362. The smallest absolute Gasteiger partial charge is 0.254 e. The van der Waals surface area contributed by atoms with E-state index in [-0.39, 0.29) is 12.5 Å². The number of carbonyl (C=O) groups is 1. The summed E-state index contributed by atoms with van der Waals surface area (Å²) in [6.45, 7) is 3.36. The van der Waals surface area contributed by atoms with Crippen molar-refractivity contribution in [3.63, 3.8) is 0 Å². The highest BCUT2D eigenvalue weighted by Crippen LogP contribution is 2.29. The summed E-state index contributed by atoms with van der Waals surface area (Å²) >= 11 is 0. The lowest BCUT2D eigenvalue weighted by atomic mass is 9.94. The predicted octanol–water partition coefficient (Wildman–Crippen LogP) is -0.879. The molecule has 1 aromatic carbocycles. The van der Waals surface area contributed by atoms with E-state index in [1.807, 2.05) is 24.3 Å². The molecule has 1 aliphatic heterocycles. The SMILES string of the molecule is CCN1CCc2nc3ccccc3c(C(=O)N(C)CC(O)C(O)C(O)C(O)CO)c2C1. The number of pyridine rings is 1. The number of aromatic nitrogens is 1. The molecule has 170 valence electrons. The molecule has 1 amide bonds. The van der Waals surface area contributed by atoms with Crippen molar-refractivity contribution in [1.29, 1.82) is 0 Å². The van der Waals surface area contributed by atoms with Gasteiger partial charge in [0.15, 0.2) is 0 Å². The molecule has 4 unspecified atom stereocenters. The molecule has 1 aromatic heterocycles. The summed E-state index contributed by atoms with van der Waals surface area (Å²) in [5.74, 6) is -0.323. The number of hydrogen-bond acceptors (Lipinski definition) is 8. The molecule has 0 radical (unpaired) electrons. The number of para-hydroxylation sites is 1. The number of aliphatic hydroxyl groups is 5. The summed E-state index contributed by atoms with van der Waals surface area (Å²) in [4.78, 5) is 21.8. The van der Waals surface area contributed by atoms with Gasteiger partial charge in [0.2, 0.25) is 0 Å². The minimum atomic E-state index is -1.74. The summed E-state index contributed by atoms with van der Waals surface area (Å²) in [7, 11) is 1.51. The van der Waals surface area contributed by atoms with E-state index in [1.165, 1.54) is 11.9 Å². The maximum atomic E-state index is 13.5. The van der Waals surface area contributed by atoms with Crippen LogP contribution in [0.4, 0.5) is 0 Å². The minimum Gasteiger partial charge on any atom is -0.394 e. The molecule has 0 saturated carbocycles. The Morgan fingerprint density at radius 2 is 1.84 bits per heavy atom. The summed E-state index contributed by atoms with van der Waals surface area (Å²) in [6.07, 6.45) is -5.83. The molecule has 0 bridgehead atoms. The number of amides is 1. The number of fused-ring (bicyclic) bond motifs is 2. The van der Waals surface area contributed by atoms with Crippen molar-refractivity contribution in [2.75, 3.05) is 33.3 Å². The maximum absolute atomic E-state index is 13.5. The van der Waals surface area contributed by atoms with Crippen LogP contribution in [0.3, 0.4) is 0 Å². The third-order valence-corrected chi connectivity index (χ3v) is 5.92. The molecule has 2 heterocycles. The molecule has 9 heteroatoms. The Morgan fingerprint density at radius 3 is 2.52 bits per heavy atom. The standard InChI is InChI=1S/C22H31N3O6/c1-3-25-9-8-16-14(10-25)19(13-6-4-5-7-15(13)23-16)22(31)24(2)11-17(27)20(29)21(30)18(28)12-26/h4-7,17-18,20-21,26-30H,3,8-12H2,1-2H3. The number of likely N-dealkylation sites (N-methyl/N-ethyl adjacent to an activating group) is 2. The first kappa shape index (κ1) is 23.5. The van der Waals surface area contributed by atoms with Gasteiger partial charge in [0, 0.05) is 49.7 Å². The van der Waals surface area contributed by atoms with Crippen LogP contribution in [0.2, 0.25) is 0 Å². The van der Waals surface area contributed by atoms with Crippen LogP contribution < -0.4 is 0 Å². The van der Waals surface area contributed by atoms with Crippen LogP contribution in [0.15, 0.2) is 24.3 Å². The first-order chi connectivity index (χ1) is 14.8. The van der Waals surface area contributed by atoms with Crippen molar-refractivity contribution in [3.8, 4) is 0 Å². The molecule has 4 atom stereocenters. The van der Waals surface area contributed by atoms with Crippen molar-refractivity contribution in [3.05, 3.63) is 41.1 Å². The zero-order valence-corrected chi connectivity index (χ0v) is 17.8. The van der Waals surface area contributed by atoms with Gasteiger partial charge in [-0.2, -0.15) is 0 Å². The molecule has 5 N–H and O–H groups in total. The molecule has 3 rings (SSSR count). The summed E-state index contributed by atoms with van der Waals surface area (Å²) in [5.41, 5.74) is 3.01. The number of carbonyl (C=O) groups excluding carboxylic acids is 1. The highest BCUT2D eigenvalue weighted by molar-refractivity contribution is 6.07. The topological polar surface area (TPSA) is 138 Å². The third-order valence-electron chi connectivity index (χ3n) is 5.92. The van der Waals surface area contributed by atoms with Gasteiger partial charge in [-0.05, 0) is 12.6 Å². The summed E-state index contributed by atoms with van der Waals surface area (Å²) in [5, 5.41) is 49.4. The number of aliphatic hydroxyl groups excluding tert-OH is 5. The van der Waals surface area contributed by atoms with E-state index in [1.54, 1.807) is 0 Å². The minimum absolute atomic E-state index is 0.266. The second-order valence-corrected chi connectivity index (χ2v) is 8.03. The van der Waals surface area contributed by atoms with Gasteiger partial charge in [-0.3, -0.25) is 14.7 Å². The average Bonchev–Trinajstić information content (AvgIpc) is 2.79. The van der Waals surface area contributed by atoms with E-state index in [4.69, 9.17) is 10.1 Å². The Hall–Kier alpha value is -2.14. The van der Waals surface area contributed by atoms with Gasteiger partial charge in [0.1, 0.15) is 24.4 Å². The second-order valence-electron chi connectivity index (χ2n) is 8.03.